The monoisotopic (exact) mass is 180 g/mol. The number of aromatic hydroxyl groups is 1. The van der Waals surface area contributed by atoms with Crippen molar-refractivity contribution in [2.45, 2.75) is 13.0 Å². The zero-order chi connectivity index (χ0) is 10.0. The molecule has 0 aliphatic carbocycles. The van der Waals surface area contributed by atoms with E-state index in [0.29, 0.717) is 0 Å². The molecule has 3 N–H and O–H groups in total. The molecule has 0 aliphatic rings. The minimum atomic E-state index is -0.917. The number of nitrogens with two attached hydrogens (primary N) is 1. The van der Waals surface area contributed by atoms with E-state index in [0.717, 1.165) is 0 Å². The highest BCUT2D eigenvalue weighted by atomic mass is 19.1. The summed E-state index contributed by atoms with van der Waals surface area (Å²) < 4.78 is 12.8. The van der Waals surface area contributed by atoms with Crippen molar-refractivity contribution in [3.63, 3.8) is 0 Å². The summed E-state index contributed by atoms with van der Waals surface area (Å²) in [5.74, 6) is -0.750. The van der Waals surface area contributed by atoms with E-state index in [1.807, 2.05) is 0 Å². The van der Waals surface area contributed by atoms with E-state index in [-0.39, 0.29) is 16.9 Å². The fraction of sp³-hybridized carbons (Fsp3) is 0.222. The van der Waals surface area contributed by atoms with Gasteiger partial charge in [0.25, 0.3) is 0 Å². The summed E-state index contributed by atoms with van der Waals surface area (Å²) in [6, 6.07) is 3.34. The summed E-state index contributed by atoms with van der Waals surface area (Å²) in [6.07, 6.45) is 0. The van der Waals surface area contributed by atoms with Crippen molar-refractivity contribution >= 4 is 0 Å². The van der Waals surface area contributed by atoms with E-state index >= 15 is 0 Å². The maximum Gasteiger partial charge on any atom is 0.129 e. The highest BCUT2D eigenvalue weighted by Gasteiger charge is 2.13. The van der Waals surface area contributed by atoms with E-state index in [2.05, 4.69) is 0 Å². The van der Waals surface area contributed by atoms with Gasteiger partial charge in [0.05, 0.1) is 6.07 Å². The first-order chi connectivity index (χ1) is 6.07. The number of phenolic OH excluding ortho intramolecular Hbond substituents is 1. The SMILES string of the molecule is Cc1c(F)ccc([C@@H](N)C#N)c1O. The van der Waals surface area contributed by atoms with Crippen LogP contribution in [-0.4, -0.2) is 5.11 Å². The van der Waals surface area contributed by atoms with Crippen molar-refractivity contribution in [1.82, 2.24) is 0 Å². The molecule has 1 aromatic carbocycles. The fourth-order valence-corrected chi connectivity index (χ4v) is 1.02. The first-order valence-electron chi connectivity index (χ1n) is 3.71. The number of benzene rings is 1. The quantitative estimate of drug-likeness (QED) is 0.685. The van der Waals surface area contributed by atoms with Gasteiger partial charge in [-0.05, 0) is 19.1 Å². The Labute approximate surface area is 75.2 Å². The minimum absolute atomic E-state index is 0.114. The van der Waals surface area contributed by atoms with Gasteiger partial charge in [0.1, 0.15) is 17.6 Å². The molecule has 3 nitrogen and oxygen atoms in total. The highest BCUT2D eigenvalue weighted by molar-refractivity contribution is 5.43. The second-order valence-electron chi connectivity index (χ2n) is 2.72. The number of nitriles is 1. The lowest BCUT2D eigenvalue weighted by Gasteiger charge is -2.08. The van der Waals surface area contributed by atoms with Crippen LogP contribution in [0.3, 0.4) is 0 Å². The first-order valence-corrected chi connectivity index (χ1v) is 3.71. The molecular weight excluding hydrogens is 171 g/mol. The Bertz CT molecular complexity index is 371. The number of nitrogens with zero attached hydrogens (tertiary/aromatic N) is 1. The third-order valence-electron chi connectivity index (χ3n) is 1.87. The Morgan fingerprint density at radius 2 is 2.23 bits per heavy atom. The summed E-state index contributed by atoms with van der Waals surface area (Å²) in [4.78, 5) is 0. The maximum absolute atomic E-state index is 12.8. The van der Waals surface area contributed by atoms with Gasteiger partial charge in [0, 0.05) is 11.1 Å². The molecule has 0 saturated heterocycles. The number of hydrogen-bond donors (Lipinski definition) is 2. The van der Waals surface area contributed by atoms with Crippen LogP contribution in [0.2, 0.25) is 0 Å². The normalized spacial score (nSPS) is 12.2. The molecule has 0 spiro atoms. The van der Waals surface area contributed by atoms with Crippen molar-refractivity contribution in [2.24, 2.45) is 5.73 Å². The molecule has 1 aromatic rings. The van der Waals surface area contributed by atoms with Gasteiger partial charge in [-0.1, -0.05) is 0 Å². The molecule has 0 heterocycles. The molecule has 0 radical (unpaired) electrons. The molecule has 1 atom stereocenters. The molecule has 0 aromatic heterocycles. The van der Waals surface area contributed by atoms with Crippen molar-refractivity contribution in [3.05, 3.63) is 29.1 Å². The Kier molecular flexibility index (Phi) is 2.49. The van der Waals surface area contributed by atoms with Crippen LogP contribution in [-0.2, 0) is 0 Å². The van der Waals surface area contributed by atoms with Gasteiger partial charge < -0.3 is 10.8 Å². The third kappa shape index (κ3) is 1.60. The molecule has 0 amide bonds. The second kappa shape index (κ2) is 3.42. The predicted molar refractivity (Wildman–Crippen MR) is 45.3 cm³/mol. The van der Waals surface area contributed by atoms with Gasteiger partial charge in [0.15, 0.2) is 0 Å². The van der Waals surface area contributed by atoms with Crippen LogP contribution in [0.15, 0.2) is 12.1 Å². The van der Waals surface area contributed by atoms with Gasteiger partial charge in [-0.15, -0.1) is 0 Å². The third-order valence-corrected chi connectivity index (χ3v) is 1.87. The summed E-state index contributed by atoms with van der Waals surface area (Å²) >= 11 is 0. The smallest absolute Gasteiger partial charge is 0.129 e. The van der Waals surface area contributed by atoms with Crippen LogP contribution in [0.1, 0.15) is 17.2 Å². The van der Waals surface area contributed by atoms with Gasteiger partial charge >= 0.3 is 0 Å². The highest BCUT2D eigenvalue weighted by Crippen LogP contribution is 2.27. The van der Waals surface area contributed by atoms with Crippen molar-refractivity contribution in [3.8, 4) is 11.8 Å². The average molecular weight is 180 g/mol. The lowest BCUT2D eigenvalue weighted by Crippen LogP contribution is -2.08. The topological polar surface area (TPSA) is 70.0 Å². The molecule has 0 saturated carbocycles. The van der Waals surface area contributed by atoms with Crippen LogP contribution in [0.4, 0.5) is 4.39 Å². The Balaban J connectivity index is 3.28. The Morgan fingerprint density at radius 1 is 1.62 bits per heavy atom. The molecule has 0 unspecified atom stereocenters. The number of hydrogen-bond acceptors (Lipinski definition) is 3. The summed E-state index contributed by atoms with van der Waals surface area (Å²) in [5.41, 5.74) is 5.74. The molecule has 0 bridgehead atoms. The van der Waals surface area contributed by atoms with Gasteiger partial charge in [-0.25, -0.2) is 4.39 Å². The van der Waals surface area contributed by atoms with Crippen molar-refractivity contribution < 1.29 is 9.50 Å². The summed E-state index contributed by atoms with van der Waals surface area (Å²) in [5, 5.41) is 17.9. The van der Waals surface area contributed by atoms with Crippen LogP contribution < -0.4 is 5.73 Å². The van der Waals surface area contributed by atoms with Crippen LogP contribution in [0, 0.1) is 24.1 Å². The zero-order valence-electron chi connectivity index (χ0n) is 7.08. The number of rotatable bonds is 1. The lowest BCUT2D eigenvalue weighted by atomic mass is 10.0. The maximum atomic E-state index is 12.8. The first kappa shape index (κ1) is 9.49. The molecule has 0 aliphatic heterocycles. The van der Waals surface area contributed by atoms with Crippen LogP contribution in [0.5, 0.6) is 5.75 Å². The largest absolute Gasteiger partial charge is 0.507 e. The minimum Gasteiger partial charge on any atom is -0.507 e. The van der Waals surface area contributed by atoms with Crippen molar-refractivity contribution in [1.29, 1.82) is 5.26 Å². The second-order valence-corrected chi connectivity index (χ2v) is 2.72. The Morgan fingerprint density at radius 3 is 2.77 bits per heavy atom. The van der Waals surface area contributed by atoms with Crippen molar-refractivity contribution in [2.75, 3.05) is 0 Å². The standard InChI is InChI=1S/C9H9FN2O/c1-5-7(10)3-2-6(9(5)13)8(12)4-11/h2-3,8,13H,12H2,1H3/t8-/m0/s1. The molecular formula is C9H9FN2O. The summed E-state index contributed by atoms with van der Waals surface area (Å²) in [7, 11) is 0. The van der Waals surface area contributed by atoms with E-state index in [9.17, 15) is 9.50 Å². The number of phenols is 1. The van der Waals surface area contributed by atoms with E-state index in [1.165, 1.54) is 19.1 Å². The molecule has 13 heavy (non-hydrogen) atoms. The molecule has 68 valence electrons. The van der Waals surface area contributed by atoms with Gasteiger partial charge in [-0.2, -0.15) is 5.26 Å². The van der Waals surface area contributed by atoms with E-state index in [4.69, 9.17) is 11.0 Å². The van der Waals surface area contributed by atoms with E-state index < -0.39 is 11.9 Å². The molecule has 1 rings (SSSR count). The predicted octanol–water partition coefficient (Wildman–Crippen LogP) is 1.36. The average Bonchev–Trinajstić information content (AvgIpc) is 2.13. The molecule has 4 heteroatoms. The van der Waals surface area contributed by atoms with Crippen LogP contribution in [0.25, 0.3) is 0 Å². The summed E-state index contributed by atoms with van der Waals surface area (Å²) in [6.45, 7) is 1.43. The Hall–Kier alpha value is -1.60. The lowest BCUT2D eigenvalue weighted by molar-refractivity contribution is 0.454. The van der Waals surface area contributed by atoms with Gasteiger partial charge in [0.2, 0.25) is 0 Å². The molecule has 0 fully saturated rings. The van der Waals surface area contributed by atoms with E-state index in [1.54, 1.807) is 6.07 Å². The zero-order valence-corrected chi connectivity index (χ0v) is 7.08. The van der Waals surface area contributed by atoms with Gasteiger partial charge in [-0.3, -0.25) is 0 Å². The fourth-order valence-electron chi connectivity index (χ4n) is 1.02. The van der Waals surface area contributed by atoms with Crippen LogP contribution >= 0.6 is 0 Å². The number of halogens is 1.